The molecule has 1 aliphatic heterocycles. The first-order chi connectivity index (χ1) is 9.76. The molecule has 0 bridgehead atoms. The highest BCUT2D eigenvalue weighted by molar-refractivity contribution is 7.08. The van der Waals surface area contributed by atoms with Crippen LogP contribution in [0.15, 0.2) is 10.8 Å². The van der Waals surface area contributed by atoms with Crippen molar-refractivity contribution in [2.75, 3.05) is 20.3 Å². The molecule has 0 saturated carbocycles. The number of likely N-dealkylation sites (tertiary alicyclic amines) is 1. The summed E-state index contributed by atoms with van der Waals surface area (Å²) in [6.07, 6.45) is 1.81. The summed E-state index contributed by atoms with van der Waals surface area (Å²) in [5.41, 5.74) is 0.259. The monoisotopic (exact) mass is 349 g/mol. The molecule has 2 heterocycles. The predicted octanol–water partition coefficient (Wildman–Crippen LogP) is 3.57. The number of halogens is 1. The van der Waals surface area contributed by atoms with Crippen LogP contribution >= 0.6 is 23.7 Å². The molecule has 1 N–H and O–H groups in total. The second kappa shape index (κ2) is 7.39. The van der Waals surface area contributed by atoms with E-state index < -0.39 is 6.10 Å². The smallest absolute Gasteiger partial charge is 0.171 e. The van der Waals surface area contributed by atoms with Crippen LogP contribution in [0.5, 0.6) is 11.5 Å². The number of hydrogen-bond donors (Lipinski definition) is 1. The summed E-state index contributed by atoms with van der Waals surface area (Å²) in [6, 6.07) is 0. The zero-order valence-electron chi connectivity index (χ0n) is 14.1. The lowest BCUT2D eigenvalue weighted by atomic mass is 10.0. The number of nitrogens with zero attached hydrogens (tertiary/aromatic N) is 1. The first kappa shape index (κ1) is 19.6. The van der Waals surface area contributed by atoms with Crippen LogP contribution in [0.1, 0.15) is 40.5 Å². The molecule has 2 rings (SSSR count). The molecule has 1 aliphatic rings. The Labute approximate surface area is 143 Å². The molecule has 1 fully saturated rings. The van der Waals surface area contributed by atoms with E-state index in [1.165, 1.54) is 11.3 Å². The normalized spacial score (nSPS) is 21.2. The Morgan fingerprint density at radius 2 is 1.73 bits per heavy atom. The largest absolute Gasteiger partial charge is 0.492 e. The van der Waals surface area contributed by atoms with Gasteiger partial charge in [-0.05, 0) is 40.5 Å². The molecule has 1 aromatic rings. The Kier molecular flexibility index (Phi) is 6.57. The van der Waals surface area contributed by atoms with Crippen LogP contribution in [-0.4, -0.2) is 47.4 Å². The molecule has 0 spiro atoms. The molecule has 0 radical (unpaired) electrons. The summed E-state index contributed by atoms with van der Waals surface area (Å²) >= 11 is 1.53. The lowest BCUT2D eigenvalue weighted by Gasteiger charge is -2.41. The first-order valence-electron chi connectivity index (χ1n) is 7.45. The van der Waals surface area contributed by atoms with E-state index >= 15 is 0 Å². The molecule has 0 amide bonds. The number of methoxy groups -OCH3 is 1. The molecule has 4 nitrogen and oxygen atoms in total. The van der Waals surface area contributed by atoms with Gasteiger partial charge >= 0.3 is 0 Å². The fraction of sp³-hybridized carbons (Fsp3) is 0.750. The number of hydrogen-bond acceptors (Lipinski definition) is 5. The van der Waals surface area contributed by atoms with E-state index in [1.54, 1.807) is 7.11 Å². The molecule has 1 unspecified atom stereocenters. The van der Waals surface area contributed by atoms with Gasteiger partial charge in [0.2, 0.25) is 0 Å². The maximum absolute atomic E-state index is 10.3. The van der Waals surface area contributed by atoms with Gasteiger partial charge in [-0.3, -0.25) is 4.90 Å². The highest BCUT2D eigenvalue weighted by Gasteiger charge is 2.44. The van der Waals surface area contributed by atoms with Gasteiger partial charge in [-0.25, -0.2) is 0 Å². The maximum Gasteiger partial charge on any atom is 0.171 e. The maximum atomic E-state index is 10.3. The van der Waals surface area contributed by atoms with Crippen molar-refractivity contribution in [2.45, 2.75) is 57.7 Å². The predicted molar refractivity (Wildman–Crippen MR) is 93.7 cm³/mol. The van der Waals surface area contributed by atoms with Crippen LogP contribution in [0.4, 0.5) is 0 Å². The number of aliphatic hydroxyl groups excluding tert-OH is 1. The van der Waals surface area contributed by atoms with Gasteiger partial charge in [-0.1, -0.05) is 0 Å². The van der Waals surface area contributed by atoms with Crippen molar-refractivity contribution in [2.24, 2.45) is 0 Å². The second-order valence-electron chi connectivity index (χ2n) is 7.00. The molecule has 6 heteroatoms. The third-order valence-corrected chi connectivity index (χ3v) is 5.15. The van der Waals surface area contributed by atoms with E-state index in [9.17, 15) is 5.11 Å². The third kappa shape index (κ3) is 4.28. The molecule has 1 saturated heterocycles. The quantitative estimate of drug-likeness (QED) is 0.852. The number of β-amino-alcohol motifs (C(OH)–C–C–N with tert-alkyl or cyclic N) is 1. The summed E-state index contributed by atoms with van der Waals surface area (Å²) in [4.78, 5) is 2.40. The lowest BCUT2D eigenvalue weighted by Crippen LogP contribution is -2.52. The van der Waals surface area contributed by atoms with Gasteiger partial charge in [-0.15, -0.1) is 23.7 Å². The minimum Gasteiger partial charge on any atom is -0.492 e. The zero-order chi connectivity index (χ0) is 15.7. The number of aliphatic hydroxyl groups is 1. The van der Waals surface area contributed by atoms with Crippen LogP contribution in [0.25, 0.3) is 0 Å². The van der Waals surface area contributed by atoms with Crippen LogP contribution < -0.4 is 9.47 Å². The average Bonchev–Trinajstić information content (AvgIpc) is 2.94. The summed E-state index contributed by atoms with van der Waals surface area (Å²) in [6.45, 7) is 9.91. The van der Waals surface area contributed by atoms with E-state index in [-0.39, 0.29) is 30.1 Å². The number of ether oxygens (including phenoxy) is 2. The van der Waals surface area contributed by atoms with Crippen LogP contribution in [0, 0.1) is 0 Å². The van der Waals surface area contributed by atoms with E-state index in [0.717, 1.165) is 18.6 Å². The fourth-order valence-corrected chi connectivity index (χ4v) is 3.88. The van der Waals surface area contributed by atoms with Crippen LogP contribution in [0.2, 0.25) is 0 Å². The van der Waals surface area contributed by atoms with E-state index in [4.69, 9.17) is 9.47 Å². The summed E-state index contributed by atoms with van der Waals surface area (Å²) in [5, 5.41) is 14.1. The van der Waals surface area contributed by atoms with Crippen LogP contribution in [0.3, 0.4) is 0 Å². The van der Waals surface area contributed by atoms with Crippen molar-refractivity contribution in [1.29, 1.82) is 0 Å². The summed E-state index contributed by atoms with van der Waals surface area (Å²) in [7, 11) is 1.63. The van der Waals surface area contributed by atoms with Gasteiger partial charge in [0.1, 0.15) is 12.7 Å². The molecular formula is C16H28ClNO3S. The highest BCUT2D eigenvalue weighted by Crippen LogP contribution is 2.40. The molecule has 1 atom stereocenters. The highest BCUT2D eigenvalue weighted by atomic mass is 35.5. The van der Waals surface area contributed by atoms with Gasteiger partial charge in [0, 0.05) is 28.4 Å². The Morgan fingerprint density at radius 1 is 1.18 bits per heavy atom. The Balaban J connectivity index is 0.00000242. The topological polar surface area (TPSA) is 41.9 Å². The minimum atomic E-state index is -0.508. The Morgan fingerprint density at radius 3 is 2.27 bits per heavy atom. The van der Waals surface area contributed by atoms with Gasteiger partial charge in [0.05, 0.1) is 7.11 Å². The standard InChI is InChI=1S/C16H27NO3S.ClH/c1-15(2)6-7-16(3,4)17(15)8-12(18)9-20-14-11-21-10-13(14)19-5;/h10-12,18H,6-9H2,1-5H3;1H. The minimum absolute atomic E-state index is 0. The van der Waals surface area contributed by atoms with Gasteiger partial charge in [0.25, 0.3) is 0 Å². The summed E-state index contributed by atoms with van der Waals surface area (Å²) < 4.78 is 10.9. The van der Waals surface area contributed by atoms with Gasteiger partial charge < -0.3 is 14.6 Å². The first-order valence-corrected chi connectivity index (χ1v) is 8.39. The fourth-order valence-electron chi connectivity index (χ4n) is 3.17. The van der Waals surface area contributed by atoms with Crippen molar-refractivity contribution in [3.8, 4) is 11.5 Å². The molecule has 128 valence electrons. The number of rotatable bonds is 6. The molecule has 0 aliphatic carbocycles. The molecule has 1 aromatic heterocycles. The molecular weight excluding hydrogens is 322 g/mol. The van der Waals surface area contributed by atoms with Crippen molar-refractivity contribution >= 4 is 23.7 Å². The van der Waals surface area contributed by atoms with Crippen molar-refractivity contribution in [1.82, 2.24) is 4.90 Å². The average molecular weight is 350 g/mol. The zero-order valence-corrected chi connectivity index (χ0v) is 15.7. The Bertz CT molecular complexity index is 460. The van der Waals surface area contributed by atoms with E-state index in [0.29, 0.717) is 12.3 Å². The third-order valence-electron chi connectivity index (χ3n) is 4.45. The van der Waals surface area contributed by atoms with Crippen molar-refractivity contribution < 1.29 is 14.6 Å². The lowest BCUT2D eigenvalue weighted by molar-refractivity contribution is 0.00506. The SMILES string of the molecule is COc1cscc1OCC(O)CN1C(C)(C)CCC1(C)C.Cl. The second-order valence-corrected chi connectivity index (χ2v) is 7.75. The van der Waals surface area contributed by atoms with Crippen LogP contribution in [-0.2, 0) is 0 Å². The number of thiophene rings is 1. The van der Waals surface area contributed by atoms with E-state index in [1.807, 2.05) is 10.8 Å². The van der Waals surface area contributed by atoms with Crippen molar-refractivity contribution in [3.05, 3.63) is 10.8 Å². The van der Waals surface area contributed by atoms with E-state index in [2.05, 4.69) is 32.6 Å². The van der Waals surface area contributed by atoms with Crippen molar-refractivity contribution in [3.63, 3.8) is 0 Å². The molecule has 22 heavy (non-hydrogen) atoms. The Hall–Kier alpha value is -0.490. The van der Waals surface area contributed by atoms with Gasteiger partial charge in [-0.2, -0.15) is 0 Å². The molecule has 0 aromatic carbocycles. The summed E-state index contributed by atoms with van der Waals surface area (Å²) in [5.74, 6) is 1.44. The van der Waals surface area contributed by atoms with Gasteiger partial charge in [0.15, 0.2) is 11.5 Å².